The zero-order chi connectivity index (χ0) is 8.49. The summed E-state index contributed by atoms with van der Waals surface area (Å²) in [6.45, 7) is 0. The van der Waals surface area contributed by atoms with E-state index in [4.69, 9.17) is 0 Å². The summed E-state index contributed by atoms with van der Waals surface area (Å²) in [4.78, 5) is 0. The van der Waals surface area contributed by atoms with Crippen molar-refractivity contribution in [2.75, 3.05) is 0 Å². The second-order valence-corrected chi connectivity index (χ2v) is 2.80. The lowest BCUT2D eigenvalue weighted by molar-refractivity contribution is 0.866. The predicted octanol–water partition coefficient (Wildman–Crippen LogP) is 3.59. The van der Waals surface area contributed by atoms with E-state index >= 15 is 0 Å². The summed E-state index contributed by atoms with van der Waals surface area (Å²) in [5.74, 6) is 0. The normalized spacial score (nSPS) is 29.3. The lowest BCUT2D eigenvalue weighted by Crippen LogP contribution is -1.70. The molecule has 1 aliphatic rings. The van der Waals surface area contributed by atoms with Gasteiger partial charge in [0.2, 0.25) is 0 Å². The molecule has 0 N–H and O–H groups in total. The molecular formula is C12H15. The largest absolute Gasteiger partial charge is 0.0882 e. The van der Waals surface area contributed by atoms with E-state index < -0.39 is 0 Å². The maximum Gasteiger partial charge on any atom is -0.0160 e. The lowest BCUT2D eigenvalue weighted by atomic mass is 10.2. The second-order valence-electron chi connectivity index (χ2n) is 2.80. The third kappa shape index (κ3) is 4.73. The van der Waals surface area contributed by atoms with Crippen LogP contribution in [0.25, 0.3) is 0 Å². The molecule has 0 heteroatoms. The molecule has 0 amide bonds. The average Bonchev–Trinajstić information content (AvgIpc) is 2.05. The predicted molar refractivity (Wildman–Crippen MR) is 53.7 cm³/mol. The van der Waals surface area contributed by atoms with Crippen LogP contribution in [-0.2, 0) is 0 Å². The van der Waals surface area contributed by atoms with Crippen LogP contribution in [0.4, 0.5) is 0 Å². The Kier molecular flexibility index (Phi) is 5.02. The van der Waals surface area contributed by atoms with Crippen LogP contribution in [-0.4, -0.2) is 0 Å². The summed E-state index contributed by atoms with van der Waals surface area (Å²) < 4.78 is 0. The van der Waals surface area contributed by atoms with E-state index in [1.807, 2.05) is 18.2 Å². The van der Waals surface area contributed by atoms with E-state index in [1.54, 1.807) is 0 Å². The average molecular weight is 159 g/mol. The van der Waals surface area contributed by atoms with Gasteiger partial charge < -0.3 is 0 Å². The van der Waals surface area contributed by atoms with Crippen LogP contribution >= 0.6 is 0 Å². The third-order valence-corrected chi connectivity index (χ3v) is 1.72. The van der Waals surface area contributed by atoms with Crippen molar-refractivity contribution in [2.45, 2.75) is 25.7 Å². The third-order valence-electron chi connectivity index (χ3n) is 1.72. The number of hydrogen-bond acceptors (Lipinski definition) is 0. The van der Waals surface area contributed by atoms with Crippen molar-refractivity contribution in [3.63, 3.8) is 0 Å². The quantitative estimate of drug-likeness (QED) is 0.474. The Labute approximate surface area is 75.0 Å². The van der Waals surface area contributed by atoms with Crippen molar-refractivity contribution >= 4 is 0 Å². The van der Waals surface area contributed by atoms with Gasteiger partial charge in [0.15, 0.2) is 0 Å². The van der Waals surface area contributed by atoms with E-state index in [-0.39, 0.29) is 0 Å². The number of rotatable bonds is 0. The maximum atomic E-state index is 3.10. The monoisotopic (exact) mass is 159 g/mol. The molecular weight excluding hydrogens is 144 g/mol. The van der Waals surface area contributed by atoms with Gasteiger partial charge >= 0.3 is 0 Å². The van der Waals surface area contributed by atoms with Crippen LogP contribution in [0.2, 0.25) is 0 Å². The van der Waals surface area contributed by atoms with Gasteiger partial charge in [0.1, 0.15) is 0 Å². The summed E-state index contributed by atoms with van der Waals surface area (Å²) >= 11 is 0. The Balaban J connectivity index is 2.42. The standard InChI is InChI=1S/C12H15/c1-2-4-6-8-10-12-11-9-7-5-3-1/h1-4,8,11-12H,5,7,9-10H2/b3-1+,4-2+,8-6?,12-11+. The van der Waals surface area contributed by atoms with Crippen LogP contribution in [0.1, 0.15) is 25.7 Å². The molecule has 0 aliphatic heterocycles. The van der Waals surface area contributed by atoms with Gasteiger partial charge in [-0.2, -0.15) is 0 Å². The zero-order valence-corrected chi connectivity index (χ0v) is 7.37. The number of hydrogen-bond donors (Lipinski definition) is 0. The number of allylic oxidation sites excluding steroid dienone is 8. The molecule has 12 heavy (non-hydrogen) atoms. The molecule has 1 rings (SSSR count). The Morgan fingerprint density at radius 1 is 0.917 bits per heavy atom. The first-order valence-corrected chi connectivity index (χ1v) is 4.54. The molecule has 0 atom stereocenters. The zero-order valence-electron chi connectivity index (χ0n) is 7.37. The van der Waals surface area contributed by atoms with Gasteiger partial charge in [-0.05, 0) is 31.8 Å². The van der Waals surface area contributed by atoms with Crippen LogP contribution < -0.4 is 0 Å². The summed E-state index contributed by atoms with van der Waals surface area (Å²) in [5, 5.41) is 0. The first kappa shape index (κ1) is 9.05. The molecule has 0 saturated heterocycles. The van der Waals surface area contributed by atoms with E-state index in [0.29, 0.717) is 0 Å². The molecule has 0 heterocycles. The smallest absolute Gasteiger partial charge is 0.0160 e. The topological polar surface area (TPSA) is 0 Å². The SMILES string of the molecule is [C]1=C\C/C=C/CCC/C=C/C=C/1. The Hall–Kier alpha value is -1.04. The molecule has 0 aromatic carbocycles. The van der Waals surface area contributed by atoms with Crippen molar-refractivity contribution in [3.05, 3.63) is 48.6 Å². The van der Waals surface area contributed by atoms with Crippen molar-refractivity contribution < 1.29 is 0 Å². The van der Waals surface area contributed by atoms with Gasteiger partial charge in [-0.3, -0.25) is 0 Å². The van der Waals surface area contributed by atoms with Crippen molar-refractivity contribution in [1.29, 1.82) is 0 Å². The van der Waals surface area contributed by atoms with Crippen LogP contribution in [0.15, 0.2) is 42.5 Å². The van der Waals surface area contributed by atoms with E-state index in [9.17, 15) is 0 Å². The molecule has 0 fully saturated rings. The molecule has 0 saturated carbocycles. The summed E-state index contributed by atoms with van der Waals surface area (Å²) in [7, 11) is 0. The van der Waals surface area contributed by atoms with Gasteiger partial charge in [0, 0.05) is 0 Å². The molecule has 1 aliphatic carbocycles. The van der Waals surface area contributed by atoms with Crippen LogP contribution in [0.5, 0.6) is 0 Å². The van der Waals surface area contributed by atoms with Gasteiger partial charge in [0.05, 0.1) is 0 Å². The summed E-state index contributed by atoms with van der Waals surface area (Å²) in [5.41, 5.74) is 0. The fraction of sp³-hybridized carbons (Fsp3) is 0.333. The Morgan fingerprint density at radius 3 is 2.83 bits per heavy atom. The molecule has 0 spiro atoms. The molecule has 0 aromatic heterocycles. The van der Waals surface area contributed by atoms with Crippen molar-refractivity contribution in [3.8, 4) is 0 Å². The molecule has 1 radical (unpaired) electrons. The fourth-order valence-electron chi connectivity index (χ4n) is 1.06. The molecule has 0 bridgehead atoms. The molecule has 0 unspecified atom stereocenters. The van der Waals surface area contributed by atoms with Gasteiger partial charge in [-0.1, -0.05) is 42.5 Å². The first-order chi connectivity index (χ1) is 6.00. The minimum absolute atomic E-state index is 1.01. The van der Waals surface area contributed by atoms with Crippen LogP contribution in [0, 0.1) is 6.08 Å². The highest BCUT2D eigenvalue weighted by Crippen LogP contribution is 2.00. The highest BCUT2D eigenvalue weighted by molar-refractivity contribution is 5.08. The highest BCUT2D eigenvalue weighted by atomic mass is 13.9. The lowest BCUT2D eigenvalue weighted by Gasteiger charge is -1.90. The van der Waals surface area contributed by atoms with Crippen molar-refractivity contribution in [1.82, 2.24) is 0 Å². The van der Waals surface area contributed by atoms with E-state index in [0.717, 1.165) is 6.42 Å². The summed E-state index contributed by atoms with van der Waals surface area (Å²) in [6, 6.07) is 0. The maximum absolute atomic E-state index is 3.10. The second kappa shape index (κ2) is 6.66. The molecule has 0 aromatic rings. The van der Waals surface area contributed by atoms with Gasteiger partial charge in [-0.25, -0.2) is 0 Å². The minimum atomic E-state index is 1.01. The Bertz CT molecular complexity index is 204. The van der Waals surface area contributed by atoms with Gasteiger partial charge in [0.25, 0.3) is 0 Å². The first-order valence-electron chi connectivity index (χ1n) is 4.54. The highest BCUT2D eigenvalue weighted by Gasteiger charge is 1.80. The van der Waals surface area contributed by atoms with E-state index in [2.05, 4.69) is 30.4 Å². The molecule has 63 valence electrons. The summed E-state index contributed by atoms with van der Waals surface area (Å²) in [6.07, 6.45) is 22.5. The van der Waals surface area contributed by atoms with Gasteiger partial charge in [-0.15, -0.1) is 0 Å². The van der Waals surface area contributed by atoms with Crippen molar-refractivity contribution in [2.24, 2.45) is 0 Å². The van der Waals surface area contributed by atoms with E-state index in [1.165, 1.54) is 19.3 Å². The van der Waals surface area contributed by atoms with Crippen LogP contribution in [0.3, 0.4) is 0 Å². The minimum Gasteiger partial charge on any atom is -0.0882 e. The molecule has 0 nitrogen and oxygen atoms in total. The fourth-order valence-corrected chi connectivity index (χ4v) is 1.06. The Morgan fingerprint density at radius 2 is 1.83 bits per heavy atom.